The Morgan fingerprint density at radius 2 is 2.15 bits per heavy atom. The number of amides is 1. The minimum atomic E-state index is -0.254. The molecule has 0 unspecified atom stereocenters. The zero-order valence-electron chi connectivity index (χ0n) is 15.6. The van der Waals surface area contributed by atoms with Crippen molar-refractivity contribution in [2.75, 3.05) is 18.3 Å². The fourth-order valence-electron chi connectivity index (χ4n) is 1.99. The lowest BCUT2D eigenvalue weighted by Gasteiger charge is -2.19. The molecule has 26 heavy (non-hydrogen) atoms. The summed E-state index contributed by atoms with van der Waals surface area (Å²) in [6, 6.07) is 7.62. The summed E-state index contributed by atoms with van der Waals surface area (Å²) < 4.78 is 5.21. The average Bonchev–Trinajstić information content (AvgIpc) is 3.04. The van der Waals surface area contributed by atoms with Gasteiger partial charge in [0, 0.05) is 11.1 Å². The summed E-state index contributed by atoms with van der Waals surface area (Å²) in [5, 5.41) is 14.5. The number of aromatic nitrogens is 3. The standard InChI is InChI=1S/C17H24N6O2S/c1-11(12-7-6-8-13(9-12)25-5)20-21-15-18-16(23-22-15)26-10-14(24)19-17(2,3)4/h6-9H,10H2,1-5H3,(H,19,24)(H2,18,21,22,23)/b20-11+. The summed E-state index contributed by atoms with van der Waals surface area (Å²) in [7, 11) is 1.62. The van der Waals surface area contributed by atoms with Crippen LogP contribution in [0.4, 0.5) is 5.95 Å². The van der Waals surface area contributed by atoms with Gasteiger partial charge >= 0.3 is 0 Å². The molecule has 0 spiro atoms. The van der Waals surface area contributed by atoms with E-state index in [1.54, 1.807) is 7.11 Å². The number of nitrogens with zero attached hydrogens (tertiary/aromatic N) is 3. The van der Waals surface area contributed by atoms with Gasteiger partial charge in [-0.1, -0.05) is 23.9 Å². The van der Waals surface area contributed by atoms with Crippen molar-refractivity contribution in [1.29, 1.82) is 0 Å². The summed E-state index contributed by atoms with van der Waals surface area (Å²) in [6.45, 7) is 7.69. The molecule has 3 N–H and O–H groups in total. The Kier molecular flexibility index (Phi) is 6.62. The number of rotatable bonds is 7. The summed E-state index contributed by atoms with van der Waals surface area (Å²) >= 11 is 1.26. The fraction of sp³-hybridized carbons (Fsp3) is 0.412. The highest BCUT2D eigenvalue weighted by Gasteiger charge is 2.14. The lowest BCUT2D eigenvalue weighted by molar-refractivity contribution is -0.119. The summed E-state index contributed by atoms with van der Waals surface area (Å²) in [5.74, 6) is 1.37. The van der Waals surface area contributed by atoms with Gasteiger partial charge in [0.05, 0.1) is 18.6 Å². The smallest absolute Gasteiger partial charge is 0.240 e. The molecule has 0 aliphatic rings. The van der Waals surface area contributed by atoms with Crippen LogP contribution in [-0.2, 0) is 4.79 Å². The van der Waals surface area contributed by atoms with E-state index in [0.717, 1.165) is 17.0 Å². The number of H-pyrrole nitrogens is 1. The Hall–Kier alpha value is -2.55. The molecule has 2 aromatic rings. The molecule has 0 bridgehead atoms. The molecule has 140 valence electrons. The van der Waals surface area contributed by atoms with Crippen molar-refractivity contribution in [2.24, 2.45) is 5.10 Å². The molecule has 0 saturated heterocycles. The van der Waals surface area contributed by atoms with E-state index in [1.165, 1.54) is 11.8 Å². The molecule has 9 heteroatoms. The van der Waals surface area contributed by atoms with E-state index < -0.39 is 0 Å². The minimum Gasteiger partial charge on any atom is -0.497 e. The van der Waals surface area contributed by atoms with E-state index in [-0.39, 0.29) is 17.2 Å². The lowest BCUT2D eigenvalue weighted by Crippen LogP contribution is -2.41. The Morgan fingerprint density at radius 3 is 2.85 bits per heavy atom. The number of hydrazone groups is 1. The van der Waals surface area contributed by atoms with Gasteiger partial charge in [0.15, 0.2) is 0 Å². The Balaban J connectivity index is 1.90. The van der Waals surface area contributed by atoms with Crippen LogP contribution in [0.2, 0.25) is 0 Å². The maximum Gasteiger partial charge on any atom is 0.240 e. The molecular formula is C17H24N6O2S. The minimum absolute atomic E-state index is 0.0614. The number of hydrogen-bond donors (Lipinski definition) is 3. The molecule has 0 atom stereocenters. The number of aromatic amines is 1. The van der Waals surface area contributed by atoms with Crippen molar-refractivity contribution in [2.45, 2.75) is 38.4 Å². The molecule has 0 aliphatic heterocycles. The number of anilines is 1. The number of nitrogens with one attached hydrogen (secondary N) is 3. The second-order valence-corrected chi connectivity index (χ2v) is 7.54. The summed E-state index contributed by atoms with van der Waals surface area (Å²) in [4.78, 5) is 16.1. The zero-order chi connectivity index (χ0) is 19.2. The molecule has 1 amide bonds. The largest absolute Gasteiger partial charge is 0.497 e. The van der Waals surface area contributed by atoms with Crippen molar-refractivity contribution >= 4 is 29.3 Å². The van der Waals surface area contributed by atoms with Crippen molar-refractivity contribution in [3.63, 3.8) is 0 Å². The Morgan fingerprint density at radius 1 is 1.38 bits per heavy atom. The van der Waals surface area contributed by atoms with Crippen LogP contribution in [0.3, 0.4) is 0 Å². The number of benzene rings is 1. The maximum absolute atomic E-state index is 11.8. The number of hydrogen-bond acceptors (Lipinski definition) is 7. The SMILES string of the molecule is COc1cccc(/C(C)=N/Nc2nc(SCC(=O)NC(C)(C)C)n[nH]2)c1. The van der Waals surface area contributed by atoms with Gasteiger partial charge in [-0.2, -0.15) is 10.1 Å². The monoisotopic (exact) mass is 376 g/mol. The fourth-order valence-corrected chi connectivity index (χ4v) is 2.59. The zero-order valence-corrected chi connectivity index (χ0v) is 16.4. The van der Waals surface area contributed by atoms with E-state index in [1.807, 2.05) is 52.0 Å². The van der Waals surface area contributed by atoms with Crippen LogP contribution in [0, 0.1) is 0 Å². The molecule has 1 aromatic carbocycles. The molecule has 0 saturated carbocycles. The van der Waals surface area contributed by atoms with Crippen molar-refractivity contribution < 1.29 is 9.53 Å². The number of carbonyl (C=O) groups excluding carboxylic acids is 1. The number of thioether (sulfide) groups is 1. The van der Waals surface area contributed by atoms with E-state index in [0.29, 0.717) is 11.1 Å². The lowest BCUT2D eigenvalue weighted by atomic mass is 10.1. The highest BCUT2D eigenvalue weighted by molar-refractivity contribution is 7.99. The van der Waals surface area contributed by atoms with Gasteiger partial charge in [0.1, 0.15) is 5.75 Å². The summed E-state index contributed by atoms with van der Waals surface area (Å²) in [6.07, 6.45) is 0. The molecule has 8 nitrogen and oxygen atoms in total. The maximum atomic E-state index is 11.8. The second-order valence-electron chi connectivity index (χ2n) is 6.59. The molecule has 0 aliphatic carbocycles. The van der Waals surface area contributed by atoms with Crippen LogP contribution in [0.5, 0.6) is 5.75 Å². The van der Waals surface area contributed by atoms with E-state index in [9.17, 15) is 4.79 Å². The number of carbonyl (C=O) groups is 1. The van der Waals surface area contributed by atoms with Gasteiger partial charge in [-0.15, -0.1) is 5.10 Å². The Bertz CT molecular complexity index is 782. The molecule has 1 heterocycles. The molecule has 1 aromatic heterocycles. The highest BCUT2D eigenvalue weighted by Crippen LogP contribution is 2.15. The van der Waals surface area contributed by atoms with Crippen LogP contribution in [-0.4, -0.2) is 45.2 Å². The molecule has 0 radical (unpaired) electrons. The van der Waals surface area contributed by atoms with Crippen LogP contribution in [0.15, 0.2) is 34.5 Å². The van der Waals surface area contributed by atoms with Gasteiger partial charge in [-0.05, 0) is 39.8 Å². The molecular weight excluding hydrogens is 352 g/mol. The molecule has 0 fully saturated rings. The van der Waals surface area contributed by atoms with Gasteiger partial charge in [0.25, 0.3) is 0 Å². The second kappa shape index (κ2) is 8.70. The van der Waals surface area contributed by atoms with Crippen molar-refractivity contribution in [1.82, 2.24) is 20.5 Å². The highest BCUT2D eigenvalue weighted by atomic mass is 32.2. The van der Waals surface area contributed by atoms with E-state index in [4.69, 9.17) is 4.74 Å². The van der Waals surface area contributed by atoms with Crippen LogP contribution in [0.25, 0.3) is 0 Å². The topological polar surface area (TPSA) is 104 Å². The predicted octanol–water partition coefficient (Wildman–Crippen LogP) is 2.66. The van der Waals surface area contributed by atoms with Crippen LogP contribution < -0.4 is 15.5 Å². The van der Waals surface area contributed by atoms with Crippen molar-refractivity contribution in [3.05, 3.63) is 29.8 Å². The average molecular weight is 376 g/mol. The first-order valence-corrected chi connectivity index (χ1v) is 9.06. The Labute approximate surface area is 157 Å². The quantitative estimate of drug-likeness (QED) is 0.390. The predicted molar refractivity (Wildman–Crippen MR) is 104 cm³/mol. The van der Waals surface area contributed by atoms with Crippen LogP contribution in [0.1, 0.15) is 33.3 Å². The third-order valence-corrected chi connectivity index (χ3v) is 3.98. The van der Waals surface area contributed by atoms with Crippen molar-refractivity contribution in [3.8, 4) is 5.75 Å². The van der Waals surface area contributed by atoms with E-state index >= 15 is 0 Å². The van der Waals surface area contributed by atoms with Gasteiger partial charge in [0.2, 0.25) is 17.0 Å². The van der Waals surface area contributed by atoms with Gasteiger partial charge in [-0.25, -0.2) is 10.5 Å². The first-order valence-electron chi connectivity index (χ1n) is 8.08. The molecule has 2 rings (SSSR count). The first kappa shape index (κ1) is 19.8. The van der Waals surface area contributed by atoms with E-state index in [2.05, 4.69) is 31.0 Å². The third-order valence-electron chi connectivity index (χ3n) is 3.13. The van der Waals surface area contributed by atoms with Crippen LogP contribution >= 0.6 is 11.8 Å². The van der Waals surface area contributed by atoms with Gasteiger partial charge < -0.3 is 10.1 Å². The normalized spacial score (nSPS) is 12.0. The third kappa shape index (κ3) is 6.40. The van der Waals surface area contributed by atoms with Gasteiger partial charge in [-0.3, -0.25) is 4.79 Å². The summed E-state index contributed by atoms with van der Waals surface area (Å²) in [5.41, 5.74) is 4.29. The number of ether oxygens (including phenoxy) is 1. The first-order chi connectivity index (χ1) is 12.3. The number of methoxy groups -OCH3 is 1.